The van der Waals surface area contributed by atoms with Crippen molar-refractivity contribution in [2.45, 2.75) is 26.1 Å². The summed E-state index contributed by atoms with van der Waals surface area (Å²) in [5.74, 6) is -1.37. The second kappa shape index (κ2) is 8.39. The fourth-order valence-electron chi connectivity index (χ4n) is 2.90. The number of alkyl halides is 3. The highest BCUT2D eigenvalue weighted by Gasteiger charge is 2.41. The molecule has 1 fully saturated rings. The molecule has 1 aliphatic heterocycles. The highest BCUT2D eigenvalue weighted by Crippen LogP contribution is 2.35. The number of halogens is 3. The van der Waals surface area contributed by atoms with Crippen LogP contribution in [-0.4, -0.2) is 39.2 Å². The molecule has 0 N–H and O–H groups in total. The largest absolute Gasteiger partial charge is 0.464 e. The number of benzene rings is 1. The number of carbonyl (C=O) groups excluding carboxylic acids is 3. The second-order valence-corrected chi connectivity index (χ2v) is 7.32. The predicted octanol–water partition coefficient (Wildman–Crippen LogP) is 4.48. The molecule has 2 heterocycles. The molecule has 2 amide bonds. The quantitative estimate of drug-likeness (QED) is 0.509. The summed E-state index contributed by atoms with van der Waals surface area (Å²) >= 11 is 0.653. The second-order valence-electron chi connectivity index (χ2n) is 6.33. The number of ether oxygens (including phenoxy) is 1. The number of hydrogen-bond acceptors (Lipinski definition) is 5. The molecule has 1 aliphatic rings. The number of nitrogens with zero attached hydrogens (tertiary/aromatic N) is 2. The van der Waals surface area contributed by atoms with Crippen LogP contribution >= 0.6 is 11.8 Å². The number of imide groups is 1. The maximum Gasteiger partial charge on any atom is 0.416 e. The summed E-state index contributed by atoms with van der Waals surface area (Å²) in [6, 6.07) is 6.87. The number of aromatic nitrogens is 1. The van der Waals surface area contributed by atoms with Gasteiger partial charge in [0, 0.05) is 17.6 Å². The predicted molar refractivity (Wildman–Crippen MR) is 105 cm³/mol. The Morgan fingerprint density at radius 2 is 1.97 bits per heavy atom. The van der Waals surface area contributed by atoms with Crippen molar-refractivity contribution in [2.24, 2.45) is 0 Å². The van der Waals surface area contributed by atoms with Crippen LogP contribution in [-0.2, 0) is 20.5 Å². The Morgan fingerprint density at radius 3 is 2.63 bits per heavy atom. The van der Waals surface area contributed by atoms with Crippen LogP contribution in [0.5, 0.6) is 0 Å². The molecule has 2 aromatic rings. The number of hydrogen-bond donors (Lipinski definition) is 0. The molecule has 0 saturated carbocycles. The molecule has 0 unspecified atom stereocenters. The van der Waals surface area contributed by atoms with Crippen molar-refractivity contribution in [1.82, 2.24) is 9.47 Å². The molecular weight excluding hydrogens is 421 g/mol. The molecule has 10 heteroatoms. The van der Waals surface area contributed by atoms with Crippen LogP contribution in [0.1, 0.15) is 25.1 Å². The minimum Gasteiger partial charge on any atom is -0.464 e. The van der Waals surface area contributed by atoms with E-state index in [4.69, 9.17) is 4.74 Å². The summed E-state index contributed by atoms with van der Waals surface area (Å²) in [6.07, 6.45) is -1.54. The van der Waals surface area contributed by atoms with Crippen LogP contribution in [0.4, 0.5) is 18.0 Å². The van der Waals surface area contributed by atoms with E-state index in [1.54, 1.807) is 25.3 Å². The van der Waals surface area contributed by atoms with Gasteiger partial charge >= 0.3 is 12.1 Å². The van der Waals surface area contributed by atoms with Crippen molar-refractivity contribution in [3.8, 4) is 5.69 Å². The molecule has 1 saturated heterocycles. The van der Waals surface area contributed by atoms with Crippen LogP contribution in [0.25, 0.3) is 11.8 Å². The maximum atomic E-state index is 13.0. The van der Waals surface area contributed by atoms with Crippen molar-refractivity contribution in [3.05, 3.63) is 58.8 Å². The molecule has 0 aliphatic carbocycles. The molecule has 0 spiro atoms. The summed E-state index contributed by atoms with van der Waals surface area (Å²) in [7, 11) is 0. The first kappa shape index (κ1) is 21.7. The van der Waals surface area contributed by atoms with Gasteiger partial charge in [0.05, 0.1) is 17.1 Å². The molecule has 6 nitrogen and oxygen atoms in total. The Kier molecular flexibility index (Phi) is 6.06. The fraction of sp³-hybridized carbons (Fsp3) is 0.250. The van der Waals surface area contributed by atoms with Crippen LogP contribution < -0.4 is 0 Å². The maximum absolute atomic E-state index is 13.0. The highest BCUT2D eigenvalue weighted by atomic mass is 32.2. The first-order valence-corrected chi connectivity index (χ1v) is 9.73. The third kappa shape index (κ3) is 4.28. The average Bonchev–Trinajstić information content (AvgIpc) is 3.25. The third-order valence-corrected chi connectivity index (χ3v) is 5.23. The van der Waals surface area contributed by atoms with Crippen molar-refractivity contribution < 1.29 is 32.3 Å². The van der Waals surface area contributed by atoms with Gasteiger partial charge in [-0.2, -0.15) is 13.2 Å². The molecule has 30 heavy (non-hydrogen) atoms. The molecule has 1 atom stereocenters. The Bertz CT molecular complexity index is 1030. The topological polar surface area (TPSA) is 68.6 Å². The number of thioether (sulfide) groups is 1. The zero-order valence-corrected chi connectivity index (χ0v) is 16.8. The highest BCUT2D eigenvalue weighted by molar-refractivity contribution is 8.18. The number of amides is 2. The number of rotatable bonds is 5. The van der Waals surface area contributed by atoms with E-state index in [1.807, 2.05) is 0 Å². The van der Waals surface area contributed by atoms with E-state index >= 15 is 0 Å². The van der Waals surface area contributed by atoms with Gasteiger partial charge in [-0.05, 0) is 62.0 Å². The zero-order valence-electron chi connectivity index (χ0n) is 16.0. The van der Waals surface area contributed by atoms with Crippen molar-refractivity contribution in [2.75, 3.05) is 6.61 Å². The van der Waals surface area contributed by atoms with Gasteiger partial charge in [0.1, 0.15) is 6.04 Å². The van der Waals surface area contributed by atoms with E-state index in [0.717, 1.165) is 17.0 Å². The van der Waals surface area contributed by atoms with E-state index in [0.29, 0.717) is 17.5 Å². The lowest BCUT2D eigenvalue weighted by atomic mass is 10.2. The minimum absolute atomic E-state index is 0.0584. The molecule has 0 bridgehead atoms. The third-order valence-electron chi connectivity index (χ3n) is 4.35. The summed E-state index contributed by atoms with van der Waals surface area (Å²) in [5, 5.41) is -0.621. The van der Waals surface area contributed by atoms with Crippen molar-refractivity contribution in [1.29, 1.82) is 0 Å². The monoisotopic (exact) mass is 438 g/mol. The van der Waals surface area contributed by atoms with Gasteiger partial charge in [0.2, 0.25) is 0 Å². The lowest BCUT2D eigenvalue weighted by Gasteiger charge is -2.19. The van der Waals surface area contributed by atoms with Gasteiger partial charge in [-0.15, -0.1) is 0 Å². The van der Waals surface area contributed by atoms with Gasteiger partial charge < -0.3 is 9.30 Å². The van der Waals surface area contributed by atoms with Gasteiger partial charge in [-0.1, -0.05) is 6.07 Å². The molecule has 3 rings (SSSR count). The number of carbonyl (C=O) groups is 3. The van der Waals surface area contributed by atoms with E-state index in [2.05, 4.69) is 0 Å². The van der Waals surface area contributed by atoms with E-state index in [9.17, 15) is 27.6 Å². The van der Waals surface area contributed by atoms with Crippen molar-refractivity contribution >= 4 is 35.0 Å². The summed E-state index contributed by atoms with van der Waals surface area (Å²) in [5.41, 5.74) is -0.146. The Morgan fingerprint density at radius 1 is 1.23 bits per heavy atom. The van der Waals surface area contributed by atoms with Crippen LogP contribution in [0.3, 0.4) is 0 Å². The fourth-order valence-corrected chi connectivity index (χ4v) is 3.79. The zero-order chi connectivity index (χ0) is 22.1. The Balaban J connectivity index is 1.91. The number of esters is 1. The molecule has 1 aromatic carbocycles. The Labute approximate surface area is 174 Å². The van der Waals surface area contributed by atoms with E-state index < -0.39 is 34.9 Å². The molecule has 1 aromatic heterocycles. The summed E-state index contributed by atoms with van der Waals surface area (Å²) < 4.78 is 45.4. The van der Waals surface area contributed by atoms with Gasteiger partial charge in [0.25, 0.3) is 11.1 Å². The smallest absolute Gasteiger partial charge is 0.416 e. The molecule has 158 valence electrons. The first-order valence-electron chi connectivity index (χ1n) is 8.92. The lowest BCUT2D eigenvalue weighted by Crippen LogP contribution is -2.42. The van der Waals surface area contributed by atoms with E-state index in [-0.39, 0.29) is 17.2 Å². The van der Waals surface area contributed by atoms with Gasteiger partial charge in [-0.3, -0.25) is 14.5 Å². The standard InChI is InChI=1S/C20H17F3N2O4S/c1-3-29-18(27)12(2)25-17(26)16(30-19(25)28)11-15-8-5-9-24(15)14-7-4-6-13(10-14)20(21,22)23/h4-12H,3H2,1-2H3/b16-11+/t12-/m0/s1. The average molecular weight is 438 g/mol. The normalized spacial score (nSPS) is 17.0. The lowest BCUT2D eigenvalue weighted by molar-refractivity contribution is -0.150. The molecular formula is C20H17F3N2O4S. The first-order chi connectivity index (χ1) is 14.1. The minimum atomic E-state index is -4.49. The van der Waals surface area contributed by atoms with Crippen LogP contribution in [0, 0.1) is 0 Å². The van der Waals surface area contributed by atoms with Crippen LogP contribution in [0.15, 0.2) is 47.5 Å². The van der Waals surface area contributed by atoms with E-state index in [1.165, 1.54) is 29.7 Å². The van der Waals surface area contributed by atoms with Crippen LogP contribution in [0.2, 0.25) is 0 Å². The summed E-state index contributed by atoms with van der Waals surface area (Å²) in [4.78, 5) is 37.7. The van der Waals surface area contributed by atoms with Gasteiger partial charge in [-0.25, -0.2) is 4.79 Å². The van der Waals surface area contributed by atoms with Gasteiger partial charge in [0.15, 0.2) is 0 Å². The summed E-state index contributed by atoms with van der Waals surface area (Å²) in [6.45, 7) is 3.11. The molecule has 0 radical (unpaired) electrons. The van der Waals surface area contributed by atoms with Crippen molar-refractivity contribution in [3.63, 3.8) is 0 Å². The Hall–Kier alpha value is -3.01. The SMILES string of the molecule is CCOC(=O)[C@H](C)N1C(=O)S/C(=C/c2cccn2-c2cccc(C(F)(F)F)c2)C1=O.